The SMILES string of the molecule is O=C(c1ccccc1)c1cc(C(=O)c2ccccc2)c(O)c(COCCCCCCO)c1O. The van der Waals surface area contributed by atoms with Gasteiger partial charge < -0.3 is 20.1 Å². The Labute approximate surface area is 193 Å². The van der Waals surface area contributed by atoms with E-state index in [0.29, 0.717) is 17.7 Å². The molecule has 172 valence electrons. The molecule has 0 amide bonds. The third-order valence-corrected chi connectivity index (χ3v) is 5.38. The van der Waals surface area contributed by atoms with E-state index < -0.39 is 23.1 Å². The van der Waals surface area contributed by atoms with Gasteiger partial charge >= 0.3 is 0 Å². The molecule has 0 aliphatic heterocycles. The van der Waals surface area contributed by atoms with Crippen molar-refractivity contribution in [3.8, 4) is 11.5 Å². The zero-order valence-electron chi connectivity index (χ0n) is 18.4. The number of aromatic hydroxyl groups is 2. The zero-order valence-corrected chi connectivity index (χ0v) is 18.4. The van der Waals surface area contributed by atoms with Crippen molar-refractivity contribution in [3.05, 3.63) is 94.5 Å². The highest BCUT2D eigenvalue weighted by molar-refractivity contribution is 6.16. The molecule has 0 radical (unpaired) electrons. The summed E-state index contributed by atoms with van der Waals surface area (Å²) in [5, 5.41) is 30.5. The number of benzene rings is 3. The lowest BCUT2D eigenvalue weighted by molar-refractivity contribution is 0.102. The van der Waals surface area contributed by atoms with Gasteiger partial charge in [0.2, 0.25) is 0 Å². The van der Waals surface area contributed by atoms with Crippen molar-refractivity contribution in [2.45, 2.75) is 32.3 Å². The Kier molecular flexibility index (Phi) is 8.75. The lowest BCUT2D eigenvalue weighted by atomic mass is 9.93. The maximum Gasteiger partial charge on any atom is 0.196 e. The Morgan fingerprint density at radius 2 is 1.18 bits per heavy atom. The molecule has 3 rings (SSSR count). The van der Waals surface area contributed by atoms with Gasteiger partial charge in [0.15, 0.2) is 11.6 Å². The number of ketones is 2. The van der Waals surface area contributed by atoms with E-state index in [1.807, 2.05) is 0 Å². The molecule has 0 fully saturated rings. The molecule has 0 spiro atoms. The molecule has 0 bridgehead atoms. The summed E-state index contributed by atoms with van der Waals surface area (Å²) in [5.74, 6) is -1.71. The summed E-state index contributed by atoms with van der Waals surface area (Å²) in [5.41, 5.74) is 0.575. The van der Waals surface area contributed by atoms with E-state index in [9.17, 15) is 19.8 Å². The fraction of sp³-hybridized carbons (Fsp3) is 0.259. The van der Waals surface area contributed by atoms with Crippen LogP contribution >= 0.6 is 0 Å². The van der Waals surface area contributed by atoms with Crippen molar-refractivity contribution < 1.29 is 29.6 Å². The third-order valence-electron chi connectivity index (χ3n) is 5.38. The molecule has 33 heavy (non-hydrogen) atoms. The monoisotopic (exact) mass is 448 g/mol. The number of ether oxygens (including phenoxy) is 1. The summed E-state index contributed by atoms with van der Waals surface area (Å²) in [4.78, 5) is 26.2. The predicted molar refractivity (Wildman–Crippen MR) is 125 cm³/mol. The molecule has 0 saturated carbocycles. The van der Waals surface area contributed by atoms with Gasteiger partial charge in [-0.05, 0) is 18.9 Å². The van der Waals surface area contributed by atoms with E-state index in [1.54, 1.807) is 60.7 Å². The van der Waals surface area contributed by atoms with E-state index in [-0.39, 0.29) is 29.9 Å². The van der Waals surface area contributed by atoms with Gasteiger partial charge in [-0.3, -0.25) is 9.59 Å². The smallest absolute Gasteiger partial charge is 0.196 e. The Morgan fingerprint density at radius 3 is 1.67 bits per heavy atom. The molecule has 6 heteroatoms. The maximum atomic E-state index is 13.1. The first-order valence-corrected chi connectivity index (χ1v) is 11.0. The summed E-state index contributed by atoms with van der Waals surface area (Å²) < 4.78 is 5.64. The number of aliphatic hydroxyl groups excluding tert-OH is 1. The van der Waals surface area contributed by atoms with Crippen LogP contribution in [0.2, 0.25) is 0 Å². The summed E-state index contributed by atoms with van der Waals surface area (Å²) in [6.07, 6.45) is 3.24. The van der Waals surface area contributed by atoms with Gasteiger partial charge in [0.05, 0.1) is 23.3 Å². The molecule has 0 aromatic heterocycles. The average molecular weight is 449 g/mol. The average Bonchev–Trinajstić information content (AvgIpc) is 2.85. The Bertz CT molecular complexity index is 1000. The Morgan fingerprint density at radius 1 is 0.697 bits per heavy atom. The summed E-state index contributed by atoms with van der Waals surface area (Å²) in [6, 6.07) is 18.1. The molecule has 0 aliphatic carbocycles. The zero-order chi connectivity index (χ0) is 23.6. The number of carbonyl (C=O) groups excluding carboxylic acids is 2. The summed E-state index contributed by atoms with van der Waals surface area (Å²) in [6.45, 7) is 0.384. The van der Waals surface area contributed by atoms with Crippen LogP contribution in [0.5, 0.6) is 11.5 Å². The van der Waals surface area contributed by atoms with Crippen molar-refractivity contribution in [1.29, 1.82) is 0 Å². The molecule has 3 aromatic carbocycles. The van der Waals surface area contributed by atoms with Gasteiger partial charge in [-0.25, -0.2) is 0 Å². The minimum atomic E-state index is -0.458. The number of carbonyl (C=O) groups is 2. The summed E-state index contributed by atoms with van der Waals surface area (Å²) >= 11 is 0. The van der Waals surface area contributed by atoms with Crippen molar-refractivity contribution in [2.24, 2.45) is 0 Å². The van der Waals surface area contributed by atoms with Crippen LogP contribution in [0.15, 0.2) is 66.7 Å². The highest BCUT2D eigenvalue weighted by Gasteiger charge is 2.26. The molecule has 6 nitrogen and oxygen atoms in total. The van der Waals surface area contributed by atoms with Crippen molar-refractivity contribution in [1.82, 2.24) is 0 Å². The Hall–Kier alpha value is -3.48. The maximum absolute atomic E-state index is 13.1. The van der Waals surface area contributed by atoms with E-state index >= 15 is 0 Å². The van der Waals surface area contributed by atoms with E-state index in [2.05, 4.69) is 0 Å². The Balaban J connectivity index is 1.93. The lowest BCUT2D eigenvalue weighted by Crippen LogP contribution is -2.10. The molecule has 0 heterocycles. The van der Waals surface area contributed by atoms with Crippen molar-refractivity contribution >= 4 is 11.6 Å². The van der Waals surface area contributed by atoms with Crippen LogP contribution in [0, 0.1) is 0 Å². The van der Waals surface area contributed by atoms with Crippen molar-refractivity contribution in [3.63, 3.8) is 0 Å². The fourth-order valence-electron chi connectivity index (χ4n) is 3.53. The van der Waals surface area contributed by atoms with E-state index in [1.165, 1.54) is 6.07 Å². The predicted octanol–water partition coefficient (Wildman–Crippen LogP) is 4.63. The largest absolute Gasteiger partial charge is 0.507 e. The van der Waals surface area contributed by atoms with Gasteiger partial charge in [-0.15, -0.1) is 0 Å². The van der Waals surface area contributed by atoms with Gasteiger partial charge in [-0.1, -0.05) is 73.5 Å². The molecule has 0 atom stereocenters. The number of hydrogen-bond acceptors (Lipinski definition) is 6. The quantitative estimate of drug-likeness (QED) is 0.276. The van der Waals surface area contributed by atoms with Crippen molar-refractivity contribution in [2.75, 3.05) is 13.2 Å². The highest BCUT2D eigenvalue weighted by Crippen LogP contribution is 2.37. The number of hydrogen-bond donors (Lipinski definition) is 3. The topological polar surface area (TPSA) is 104 Å². The first-order valence-electron chi connectivity index (χ1n) is 11.0. The number of phenols is 2. The number of aliphatic hydroxyl groups is 1. The van der Waals surface area contributed by atoms with Crippen LogP contribution in [-0.2, 0) is 11.3 Å². The van der Waals surface area contributed by atoms with Crippen LogP contribution < -0.4 is 0 Å². The van der Waals surface area contributed by atoms with Gasteiger partial charge in [0.1, 0.15) is 11.5 Å². The minimum Gasteiger partial charge on any atom is -0.507 e. The van der Waals surface area contributed by atoms with Gasteiger partial charge in [0, 0.05) is 24.3 Å². The van der Waals surface area contributed by atoms with Crippen LogP contribution in [0.3, 0.4) is 0 Å². The van der Waals surface area contributed by atoms with Gasteiger partial charge in [-0.2, -0.15) is 0 Å². The second-order valence-electron chi connectivity index (χ2n) is 7.73. The molecule has 0 unspecified atom stereocenters. The van der Waals surface area contributed by atoms with Crippen LogP contribution in [0.4, 0.5) is 0 Å². The van der Waals surface area contributed by atoms with Crippen LogP contribution in [0.25, 0.3) is 0 Å². The second kappa shape index (κ2) is 11.9. The number of phenolic OH excluding ortho intramolecular Hbond substituents is 2. The number of rotatable bonds is 12. The first kappa shape index (κ1) is 24.2. The highest BCUT2D eigenvalue weighted by atomic mass is 16.5. The third kappa shape index (κ3) is 6.06. The van der Waals surface area contributed by atoms with E-state index in [0.717, 1.165) is 25.7 Å². The molecule has 0 aliphatic rings. The molecule has 3 aromatic rings. The van der Waals surface area contributed by atoms with Crippen LogP contribution in [0.1, 0.15) is 63.1 Å². The summed E-state index contributed by atoms with van der Waals surface area (Å²) in [7, 11) is 0. The first-order chi connectivity index (χ1) is 16.0. The fourth-order valence-corrected chi connectivity index (χ4v) is 3.53. The normalized spacial score (nSPS) is 10.8. The molecular weight excluding hydrogens is 420 g/mol. The molecular formula is C27H28O6. The molecule has 3 N–H and O–H groups in total. The van der Waals surface area contributed by atoms with E-state index in [4.69, 9.17) is 9.84 Å². The second-order valence-corrected chi connectivity index (χ2v) is 7.73. The van der Waals surface area contributed by atoms with Crippen LogP contribution in [-0.4, -0.2) is 40.1 Å². The standard InChI is InChI=1S/C27H28O6/c28-15-9-1-2-10-16-33-18-23-26(31)21(24(29)19-11-5-3-6-12-19)17-22(27(23)32)25(30)20-13-7-4-8-14-20/h3-8,11-14,17,28,31-32H,1-2,9-10,15-16,18H2. The van der Waals surface area contributed by atoms with Gasteiger partial charge in [0.25, 0.3) is 0 Å². The number of unbranched alkanes of at least 4 members (excludes halogenated alkanes) is 3. The molecule has 0 saturated heterocycles. The minimum absolute atomic E-state index is 0.00594. The lowest BCUT2D eigenvalue weighted by Gasteiger charge is -2.15.